The van der Waals surface area contributed by atoms with Gasteiger partial charge in [-0.05, 0) is 61.0 Å². The third kappa shape index (κ3) is 8.05. The van der Waals surface area contributed by atoms with Crippen molar-refractivity contribution in [1.29, 1.82) is 0 Å². The zero-order valence-electron chi connectivity index (χ0n) is 23.4. The molecule has 216 valence electrons. The molecule has 4 rings (SSSR count). The van der Waals surface area contributed by atoms with Gasteiger partial charge in [-0.1, -0.05) is 31.2 Å². The number of thioether (sulfide) groups is 1. The molecule has 3 N–H and O–H groups in total. The molecule has 1 atom stereocenters. The van der Waals surface area contributed by atoms with E-state index in [4.69, 9.17) is 13.9 Å². The fourth-order valence-corrected chi connectivity index (χ4v) is 4.93. The summed E-state index contributed by atoms with van der Waals surface area (Å²) in [6, 6.07) is 24.3. The monoisotopic (exact) mass is 585 g/mol. The fourth-order valence-electron chi connectivity index (χ4n) is 3.92. The average molecular weight is 586 g/mol. The molecule has 3 amide bonds. The molecule has 0 saturated carbocycles. The maximum atomic E-state index is 13.3. The first-order valence-corrected chi connectivity index (χ1v) is 14.0. The van der Waals surface area contributed by atoms with Crippen LogP contribution in [0.5, 0.6) is 11.5 Å². The molecule has 1 unspecified atom stereocenters. The summed E-state index contributed by atoms with van der Waals surface area (Å²) in [5.41, 5.74) is 1.42. The van der Waals surface area contributed by atoms with Crippen LogP contribution in [0.1, 0.15) is 29.5 Å². The lowest BCUT2D eigenvalue weighted by Crippen LogP contribution is -2.30. The second-order valence-electron chi connectivity index (χ2n) is 8.95. The molecule has 0 aliphatic carbocycles. The first-order chi connectivity index (χ1) is 20.4. The van der Waals surface area contributed by atoms with Crippen LogP contribution in [0.2, 0.25) is 0 Å². The van der Waals surface area contributed by atoms with E-state index < -0.39 is 17.1 Å². The molecule has 0 fully saturated rings. The van der Waals surface area contributed by atoms with Crippen LogP contribution in [-0.2, 0) is 9.59 Å². The molecule has 0 saturated heterocycles. The van der Waals surface area contributed by atoms with Crippen LogP contribution in [0.3, 0.4) is 0 Å². The summed E-state index contributed by atoms with van der Waals surface area (Å²) in [5, 5.41) is 8.01. The van der Waals surface area contributed by atoms with Gasteiger partial charge >= 0.3 is 0 Å². The Labute approximate surface area is 248 Å². The van der Waals surface area contributed by atoms with Gasteiger partial charge in [0.15, 0.2) is 0 Å². The molecule has 0 radical (unpaired) electrons. The highest BCUT2D eigenvalue weighted by molar-refractivity contribution is 8.00. The SMILES string of the molecule is CCC(Sc1cccc(NC(=O)/C(=C/c2ccco2)NC(=O)c2ccccc2)c1)C(=O)Nc1cc(OC)ccc1OC. The van der Waals surface area contributed by atoms with Gasteiger partial charge < -0.3 is 29.8 Å². The van der Waals surface area contributed by atoms with Crippen LogP contribution in [0.25, 0.3) is 6.08 Å². The van der Waals surface area contributed by atoms with Crippen molar-refractivity contribution in [2.75, 3.05) is 24.9 Å². The molecule has 42 heavy (non-hydrogen) atoms. The predicted octanol–water partition coefficient (Wildman–Crippen LogP) is 6.22. The zero-order chi connectivity index (χ0) is 29.9. The lowest BCUT2D eigenvalue weighted by Gasteiger charge is -2.17. The first-order valence-electron chi connectivity index (χ1n) is 13.1. The zero-order valence-corrected chi connectivity index (χ0v) is 24.2. The normalized spacial score (nSPS) is 11.7. The summed E-state index contributed by atoms with van der Waals surface area (Å²) in [7, 11) is 3.09. The van der Waals surface area contributed by atoms with Gasteiger partial charge in [0.2, 0.25) is 5.91 Å². The number of benzene rings is 3. The van der Waals surface area contributed by atoms with Gasteiger partial charge in [-0.3, -0.25) is 14.4 Å². The second-order valence-corrected chi connectivity index (χ2v) is 10.2. The molecule has 0 bridgehead atoms. The van der Waals surface area contributed by atoms with E-state index in [-0.39, 0.29) is 11.6 Å². The van der Waals surface area contributed by atoms with E-state index in [2.05, 4.69) is 16.0 Å². The Morgan fingerprint density at radius 1 is 0.905 bits per heavy atom. The Balaban J connectivity index is 1.47. The van der Waals surface area contributed by atoms with Crippen molar-refractivity contribution in [3.05, 3.63) is 108 Å². The van der Waals surface area contributed by atoms with Crippen LogP contribution in [0.4, 0.5) is 11.4 Å². The number of nitrogens with one attached hydrogen (secondary N) is 3. The van der Waals surface area contributed by atoms with Crippen molar-refractivity contribution in [3.8, 4) is 11.5 Å². The van der Waals surface area contributed by atoms with Gasteiger partial charge in [-0.2, -0.15) is 0 Å². The van der Waals surface area contributed by atoms with Gasteiger partial charge in [0.25, 0.3) is 11.8 Å². The van der Waals surface area contributed by atoms with E-state index in [1.807, 2.05) is 13.0 Å². The molecule has 1 heterocycles. The molecule has 9 nitrogen and oxygen atoms in total. The van der Waals surface area contributed by atoms with Crippen molar-refractivity contribution >= 4 is 46.9 Å². The number of methoxy groups -OCH3 is 2. The fraction of sp³-hybridized carbons (Fsp3) is 0.156. The van der Waals surface area contributed by atoms with Gasteiger partial charge in [0.1, 0.15) is 23.0 Å². The quantitative estimate of drug-likeness (QED) is 0.133. The standard InChI is InChI=1S/C32H31N3O6S/c1-4-29(32(38)34-26-19-23(39-2)15-16-28(26)40-3)42-25-14-8-12-22(18-25)33-31(37)27(20-24-13-9-17-41-24)35-30(36)21-10-6-5-7-11-21/h5-20,29H,4H2,1-3H3,(H,33,37)(H,34,38)(H,35,36)/b27-20-. The maximum absolute atomic E-state index is 13.3. The molecule has 0 aliphatic heterocycles. The van der Waals surface area contributed by atoms with E-state index in [9.17, 15) is 14.4 Å². The number of hydrogen-bond donors (Lipinski definition) is 3. The van der Waals surface area contributed by atoms with Crippen molar-refractivity contribution in [2.24, 2.45) is 0 Å². The third-order valence-electron chi connectivity index (χ3n) is 6.06. The van der Waals surface area contributed by atoms with Gasteiger partial charge in [-0.25, -0.2) is 0 Å². The third-order valence-corrected chi connectivity index (χ3v) is 7.41. The van der Waals surface area contributed by atoms with Crippen LogP contribution in [0.15, 0.2) is 106 Å². The van der Waals surface area contributed by atoms with Crippen molar-refractivity contribution in [2.45, 2.75) is 23.5 Å². The summed E-state index contributed by atoms with van der Waals surface area (Å²) >= 11 is 1.37. The van der Waals surface area contributed by atoms with E-state index in [0.717, 1.165) is 4.90 Å². The number of rotatable bonds is 12. The topological polar surface area (TPSA) is 119 Å². The van der Waals surface area contributed by atoms with Crippen LogP contribution >= 0.6 is 11.8 Å². The number of carbonyl (C=O) groups is 3. The number of anilines is 2. The van der Waals surface area contributed by atoms with E-state index in [1.54, 1.807) is 86.0 Å². The van der Waals surface area contributed by atoms with Crippen LogP contribution in [0, 0.1) is 0 Å². The van der Waals surface area contributed by atoms with Crippen molar-refractivity contribution in [3.63, 3.8) is 0 Å². The minimum absolute atomic E-state index is 0.00917. The first kappa shape index (κ1) is 30.0. The smallest absolute Gasteiger partial charge is 0.272 e. The summed E-state index contributed by atoms with van der Waals surface area (Å²) < 4.78 is 16.0. The summed E-state index contributed by atoms with van der Waals surface area (Å²) in [4.78, 5) is 40.1. The molecule has 1 aromatic heterocycles. The van der Waals surface area contributed by atoms with E-state index in [1.165, 1.54) is 31.2 Å². The summed E-state index contributed by atoms with van der Waals surface area (Å²) in [5.74, 6) is 0.352. The number of furan rings is 1. The minimum Gasteiger partial charge on any atom is -0.497 e. The summed E-state index contributed by atoms with van der Waals surface area (Å²) in [6.45, 7) is 1.92. The Morgan fingerprint density at radius 2 is 1.71 bits per heavy atom. The highest BCUT2D eigenvalue weighted by Crippen LogP contribution is 2.32. The number of hydrogen-bond acceptors (Lipinski definition) is 7. The van der Waals surface area contributed by atoms with Crippen molar-refractivity contribution < 1.29 is 28.3 Å². The van der Waals surface area contributed by atoms with Gasteiger partial charge in [0, 0.05) is 28.3 Å². The van der Waals surface area contributed by atoms with Crippen molar-refractivity contribution in [1.82, 2.24) is 5.32 Å². The van der Waals surface area contributed by atoms with Crippen LogP contribution < -0.4 is 25.4 Å². The van der Waals surface area contributed by atoms with Crippen LogP contribution in [-0.4, -0.2) is 37.2 Å². The Morgan fingerprint density at radius 3 is 2.40 bits per heavy atom. The molecule has 0 spiro atoms. The lowest BCUT2D eigenvalue weighted by molar-refractivity contribution is -0.116. The predicted molar refractivity (Wildman–Crippen MR) is 164 cm³/mol. The second kappa shape index (κ2) is 14.6. The van der Waals surface area contributed by atoms with E-state index >= 15 is 0 Å². The highest BCUT2D eigenvalue weighted by atomic mass is 32.2. The summed E-state index contributed by atoms with van der Waals surface area (Å²) in [6.07, 6.45) is 3.49. The van der Waals surface area contributed by atoms with Gasteiger partial charge in [0.05, 0.1) is 31.4 Å². The Kier molecular flexibility index (Phi) is 10.4. The number of ether oxygens (including phenoxy) is 2. The lowest BCUT2D eigenvalue weighted by atomic mass is 10.2. The largest absolute Gasteiger partial charge is 0.497 e. The minimum atomic E-state index is -0.535. The average Bonchev–Trinajstić information content (AvgIpc) is 3.53. The highest BCUT2D eigenvalue weighted by Gasteiger charge is 2.21. The Hall–Kier alpha value is -4.96. The van der Waals surface area contributed by atoms with E-state index in [0.29, 0.717) is 40.6 Å². The molecule has 3 aromatic carbocycles. The molecular weight excluding hydrogens is 554 g/mol. The molecular formula is C32H31N3O6S. The van der Waals surface area contributed by atoms with Gasteiger partial charge in [-0.15, -0.1) is 11.8 Å². The molecule has 4 aromatic rings. The number of amides is 3. The molecule has 10 heteroatoms. The Bertz CT molecular complexity index is 1550. The molecule has 0 aliphatic rings. The maximum Gasteiger partial charge on any atom is 0.272 e. The number of carbonyl (C=O) groups excluding carboxylic acids is 3.